The van der Waals surface area contributed by atoms with Crippen LogP contribution in [0.5, 0.6) is 5.75 Å². The van der Waals surface area contributed by atoms with Gasteiger partial charge in [0.05, 0.1) is 18.7 Å². The lowest BCUT2D eigenvalue weighted by atomic mass is 10.0. The molecule has 0 radical (unpaired) electrons. The number of aromatic nitrogens is 1. The molecule has 5 nitrogen and oxygen atoms in total. The molecule has 0 amide bonds. The number of aliphatic carboxylic acids is 1. The number of rotatable bonds is 9. The van der Waals surface area contributed by atoms with Gasteiger partial charge in [-0.2, -0.15) is 0 Å². The summed E-state index contributed by atoms with van der Waals surface area (Å²) in [6, 6.07) is 15.5. The van der Waals surface area contributed by atoms with Gasteiger partial charge in [-0.3, -0.25) is 4.79 Å². The van der Waals surface area contributed by atoms with E-state index in [4.69, 9.17) is 14.3 Å². The van der Waals surface area contributed by atoms with E-state index in [9.17, 15) is 4.79 Å². The van der Waals surface area contributed by atoms with Crippen molar-refractivity contribution in [2.45, 2.75) is 40.0 Å². The molecule has 29 heavy (non-hydrogen) atoms. The molecule has 1 heterocycles. The SMILES string of the molecule is Cc1oc(-c2ccc(CC(C)C)cc2)nc1CCOc1cccc(CC(=O)O)c1. The maximum absolute atomic E-state index is 10.8. The number of carbonyl (C=O) groups is 1. The summed E-state index contributed by atoms with van der Waals surface area (Å²) in [5.41, 5.74) is 3.86. The van der Waals surface area contributed by atoms with Gasteiger partial charge in [0.25, 0.3) is 0 Å². The maximum Gasteiger partial charge on any atom is 0.307 e. The first-order valence-corrected chi connectivity index (χ1v) is 9.90. The second-order valence-electron chi connectivity index (χ2n) is 7.63. The number of aryl methyl sites for hydroxylation is 1. The molecule has 0 bridgehead atoms. The zero-order valence-corrected chi connectivity index (χ0v) is 17.1. The van der Waals surface area contributed by atoms with Crippen molar-refractivity contribution in [2.75, 3.05) is 6.61 Å². The third kappa shape index (κ3) is 5.95. The van der Waals surface area contributed by atoms with Gasteiger partial charge in [0.2, 0.25) is 5.89 Å². The van der Waals surface area contributed by atoms with E-state index in [-0.39, 0.29) is 6.42 Å². The molecule has 0 spiro atoms. The van der Waals surface area contributed by atoms with Crippen LogP contribution in [-0.2, 0) is 24.1 Å². The molecule has 1 aromatic heterocycles. The van der Waals surface area contributed by atoms with Gasteiger partial charge >= 0.3 is 5.97 Å². The summed E-state index contributed by atoms with van der Waals surface area (Å²) >= 11 is 0. The highest BCUT2D eigenvalue weighted by molar-refractivity contribution is 5.70. The van der Waals surface area contributed by atoms with Crippen LogP contribution in [0.3, 0.4) is 0 Å². The van der Waals surface area contributed by atoms with Crippen LogP contribution in [0.25, 0.3) is 11.5 Å². The Morgan fingerprint density at radius 2 is 1.90 bits per heavy atom. The highest BCUT2D eigenvalue weighted by Crippen LogP contribution is 2.23. The summed E-state index contributed by atoms with van der Waals surface area (Å²) in [6.45, 7) is 6.77. The van der Waals surface area contributed by atoms with E-state index in [1.807, 2.05) is 13.0 Å². The Bertz CT molecular complexity index is 957. The second-order valence-corrected chi connectivity index (χ2v) is 7.63. The van der Waals surface area contributed by atoms with Crippen LogP contribution >= 0.6 is 0 Å². The summed E-state index contributed by atoms with van der Waals surface area (Å²) < 4.78 is 11.6. The predicted octanol–water partition coefficient (Wildman–Crippen LogP) is 5.10. The topological polar surface area (TPSA) is 72.6 Å². The zero-order chi connectivity index (χ0) is 20.8. The van der Waals surface area contributed by atoms with Gasteiger partial charge in [-0.15, -0.1) is 0 Å². The standard InChI is InChI=1S/C24H27NO4/c1-16(2)13-18-7-9-20(10-8-18)24-25-22(17(3)29-24)11-12-28-21-6-4-5-19(14-21)15-23(26)27/h4-10,14,16H,11-13,15H2,1-3H3,(H,26,27). The van der Waals surface area contributed by atoms with Crippen molar-refractivity contribution in [3.63, 3.8) is 0 Å². The largest absolute Gasteiger partial charge is 0.493 e. The monoisotopic (exact) mass is 393 g/mol. The average molecular weight is 393 g/mol. The minimum Gasteiger partial charge on any atom is -0.493 e. The van der Waals surface area contributed by atoms with Crippen LogP contribution in [0.2, 0.25) is 0 Å². The Labute approximate surface area is 171 Å². The first-order chi connectivity index (χ1) is 13.9. The van der Waals surface area contributed by atoms with E-state index >= 15 is 0 Å². The fraction of sp³-hybridized carbons (Fsp3) is 0.333. The fourth-order valence-corrected chi connectivity index (χ4v) is 3.22. The van der Waals surface area contributed by atoms with Gasteiger partial charge in [0.1, 0.15) is 11.5 Å². The molecule has 0 saturated carbocycles. The molecular weight excluding hydrogens is 366 g/mol. The number of oxazole rings is 1. The quantitative estimate of drug-likeness (QED) is 0.548. The van der Waals surface area contributed by atoms with Crippen molar-refractivity contribution in [1.29, 1.82) is 0 Å². The predicted molar refractivity (Wildman–Crippen MR) is 112 cm³/mol. The third-order valence-electron chi connectivity index (χ3n) is 4.60. The Balaban J connectivity index is 1.60. The third-order valence-corrected chi connectivity index (χ3v) is 4.60. The van der Waals surface area contributed by atoms with E-state index in [0.717, 1.165) is 29.0 Å². The number of carboxylic acids is 1. The van der Waals surface area contributed by atoms with Gasteiger partial charge in [-0.25, -0.2) is 4.98 Å². The van der Waals surface area contributed by atoms with E-state index in [2.05, 4.69) is 43.1 Å². The number of hydrogen-bond donors (Lipinski definition) is 1. The van der Waals surface area contributed by atoms with E-state index in [1.54, 1.807) is 18.2 Å². The van der Waals surface area contributed by atoms with Crippen molar-refractivity contribution in [1.82, 2.24) is 4.98 Å². The molecular formula is C24H27NO4. The van der Waals surface area contributed by atoms with Gasteiger partial charge in [-0.1, -0.05) is 38.1 Å². The molecule has 2 aromatic carbocycles. The van der Waals surface area contributed by atoms with Gasteiger partial charge in [0.15, 0.2) is 0 Å². The molecule has 1 N–H and O–H groups in total. The molecule has 3 aromatic rings. The highest BCUT2D eigenvalue weighted by atomic mass is 16.5. The summed E-state index contributed by atoms with van der Waals surface area (Å²) in [7, 11) is 0. The lowest BCUT2D eigenvalue weighted by Crippen LogP contribution is -2.04. The molecule has 0 saturated heterocycles. The van der Waals surface area contributed by atoms with E-state index < -0.39 is 5.97 Å². The van der Waals surface area contributed by atoms with Crippen LogP contribution in [0.1, 0.15) is 36.4 Å². The van der Waals surface area contributed by atoms with Gasteiger partial charge < -0.3 is 14.3 Å². The molecule has 0 fully saturated rings. The first-order valence-electron chi connectivity index (χ1n) is 9.90. The fourth-order valence-electron chi connectivity index (χ4n) is 3.22. The number of carboxylic acid groups (broad SMARTS) is 1. The van der Waals surface area contributed by atoms with Crippen molar-refractivity contribution in [2.24, 2.45) is 5.92 Å². The number of benzene rings is 2. The van der Waals surface area contributed by atoms with Crippen LogP contribution in [-0.4, -0.2) is 22.7 Å². The molecule has 0 aliphatic heterocycles. The molecule has 3 rings (SSSR count). The van der Waals surface area contributed by atoms with E-state index in [1.165, 1.54) is 5.56 Å². The van der Waals surface area contributed by atoms with E-state index in [0.29, 0.717) is 30.6 Å². The summed E-state index contributed by atoms with van der Waals surface area (Å²) in [5.74, 6) is 1.84. The van der Waals surface area contributed by atoms with Crippen molar-refractivity contribution in [3.05, 3.63) is 71.1 Å². The van der Waals surface area contributed by atoms with Crippen LogP contribution in [0, 0.1) is 12.8 Å². The smallest absolute Gasteiger partial charge is 0.307 e. The second kappa shape index (κ2) is 9.41. The Hall–Kier alpha value is -3.08. The molecule has 5 heteroatoms. The maximum atomic E-state index is 10.8. The minimum atomic E-state index is -0.856. The average Bonchev–Trinajstić information content (AvgIpc) is 3.02. The van der Waals surface area contributed by atoms with Gasteiger partial charge in [0, 0.05) is 12.0 Å². The lowest BCUT2D eigenvalue weighted by Gasteiger charge is -2.06. The van der Waals surface area contributed by atoms with Crippen LogP contribution in [0.15, 0.2) is 52.9 Å². The Morgan fingerprint density at radius 3 is 2.59 bits per heavy atom. The van der Waals surface area contributed by atoms with Crippen molar-refractivity contribution >= 4 is 5.97 Å². The van der Waals surface area contributed by atoms with Crippen LogP contribution in [0.4, 0.5) is 0 Å². The summed E-state index contributed by atoms with van der Waals surface area (Å²) in [5, 5.41) is 8.90. The molecule has 0 aliphatic rings. The van der Waals surface area contributed by atoms with Gasteiger partial charge in [-0.05, 0) is 54.7 Å². The number of hydrogen-bond acceptors (Lipinski definition) is 4. The molecule has 0 aliphatic carbocycles. The molecule has 152 valence electrons. The van der Waals surface area contributed by atoms with Crippen molar-refractivity contribution < 1.29 is 19.1 Å². The number of ether oxygens (including phenoxy) is 1. The highest BCUT2D eigenvalue weighted by Gasteiger charge is 2.12. The lowest BCUT2D eigenvalue weighted by molar-refractivity contribution is -0.136. The minimum absolute atomic E-state index is 0.0150. The number of nitrogens with zero attached hydrogens (tertiary/aromatic N) is 1. The summed E-state index contributed by atoms with van der Waals surface area (Å²) in [6.07, 6.45) is 1.66. The normalized spacial score (nSPS) is 11.0. The zero-order valence-electron chi connectivity index (χ0n) is 17.1. The Morgan fingerprint density at radius 1 is 1.14 bits per heavy atom. The summed E-state index contributed by atoms with van der Waals surface area (Å²) in [4.78, 5) is 15.5. The molecule has 0 atom stereocenters. The molecule has 0 unspecified atom stereocenters. The van der Waals surface area contributed by atoms with Crippen molar-refractivity contribution in [3.8, 4) is 17.2 Å². The van der Waals surface area contributed by atoms with Crippen LogP contribution < -0.4 is 4.74 Å². The Kier molecular flexibility index (Phi) is 6.70. The first kappa shape index (κ1) is 20.6.